The summed E-state index contributed by atoms with van der Waals surface area (Å²) in [4.78, 5) is 3.98. The van der Waals surface area contributed by atoms with Gasteiger partial charge in [0.15, 0.2) is 0 Å². The van der Waals surface area contributed by atoms with Gasteiger partial charge in [-0.3, -0.25) is 4.98 Å². The highest BCUT2D eigenvalue weighted by Crippen LogP contribution is 2.14. The Morgan fingerprint density at radius 1 is 1.05 bits per heavy atom. The van der Waals surface area contributed by atoms with E-state index in [4.69, 9.17) is 4.74 Å². The van der Waals surface area contributed by atoms with Crippen molar-refractivity contribution in [3.63, 3.8) is 0 Å². The molecular formula is C17H22N2O2. The zero-order valence-corrected chi connectivity index (χ0v) is 12.5. The van der Waals surface area contributed by atoms with Gasteiger partial charge in [0.05, 0.1) is 5.60 Å². The molecule has 0 saturated heterocycles. The van der Waals surface area contributed by atoms with Crippen LogP contribution < -0.4 is 10.1 Å². The Balaban J connectivity index is 1.79. The summed E-state index contributed by atoms with van der Waals surface area (Å²) in [5.41, 5.74) is 1.57. The van der Waals surface area contributed by atoms with E-state index in [1.165, 1.54) is 0 Å². The molecule has 0 saturated carbocycles. The van der Waals surface area contributed by atoms with Gasteiger partial charge < -0.3 is 15.2 Å². The largest absolute Gasteiger partial charge is 0.489 e. The molecule has 2 rings (SSSR count). The van der Waals surface area contributed by atoms with Gasteiger partial charge in [0.2, 0.25) is 0 Å². The summed E-state index contributed by atoms with van der Waals surface area (Å²) in [6, 6.07) is 11.9. The molecule has 0 radical (unpaired) electrons. The van der Waals surface area contributed by atoms with E-state index in [1.807, 2.05) is 36.4 Å². The van der Waals surface area contributed by atoms with E-state index in [2.05, 4.69) is 10.3 Å². The van der Waals surface area contributed by atoms with Crippen molar-refractivity contribution in [2.75, 3.05) is 6.54 Å². The predicted octanol–water partition coefficient (Wildman–Crippen LogP) is 2.52. The number of rotatable bonds is 7. The van der Waals surface area contributed by atoms with E-state index >= 15 is 0 Å². The highest BCUT2D eigenvalue weighted by atomic mass is 16.5. The summed E-state index contributed by atoms with van der Waals surface area (Å²) in [5, 5.41) is 12.9. The second kappa shape index (κ2) is 7.20. The van der Waals surface area contributed by atoms with Crippen molar-refractivity contribution in [2.45, 2.75) is 32.6 Å². The van der Waals surface area contributed by atoms with Gasteiger partial charge in [0.1, 0.15) is 12.4 Å². The summed E-state index contributed by atoms with van der Waals surface area (Å²) in [6.07, 6.45) is 3.52. The quantitative estimate of drug-likeness (QED) is 0.821. The van der Waals surface area contributed by atoms with Crippen molar-refractivity contribution >= 4 is 0 Å². The lowest BCUT2D eigenvalue weighted by Gasteiger charge is -2.17. The number of hydrogen-bond donors (Lipinski definition) is 2. The minimum absolute atomic E-state index is 0.540. The Labute approximate surface area is 125 Å². The van der Waals surface area contributed by atoms with Crippen LogP contribution in [0, 0.1) is 0 Å². The highest BCUT2D eigenvalue weighted by molar-refractivity contribution is 5.27. The van der Waals surface area contributed by atoms with Crippen LogP contribution in [-0.4, -0.2) is 22.2 Å². The molecule has 4 heteroatoms. The van der Waals surface area contributed by atoms with E-state index in [0.29, 0.717) is 13.2 Å². The number of nitrogens with zero attached hydrogens (tertiary/aromatic N) is 1. The molecule has 2 N–H and O–H groups in total. The van der Waals surface area contributed by atoms with E-state index in [1.54, 1.807) is 26.2 Å². The van der Waals surface area contributed by atoms with Gasteiger partial charge in [0.25, 0.3) is 0 Å². The molecule has 1 aromatic carbocycles. The summed E-state index contributed by atoms with van der Waals surface area (Å²) in [5.74, 6) is 0.845. The van der Waals surface area contributed by atoms with Crippen LogP contribution in [-0.2, 0) is 13.2 Å². The van der Waals surface area contributed by atoms with E-state index in [9.17, 15) is 5.11 Å². The average molecular weight is 286 g/mol. The van der Waals surface area contributed by atoms with Gasteiger partial charge >= 0.3 is 0 Å². The maximum absolute atomic E-state index is 9.63. The molecule has 0 fully saturated rings. The van der Waals surface area contributed by atoms with Crippen LogP contribution in [0.4, 0.5) is 0 Å². The topological polar surface area (TPSA) is 54.4 Å². The van der Waals surface area contributed by atoms with Crippen molar-refractivity contribution in [3.05, 3.63) is 59.9 Å². The molecule has 0 aliphatic carbocycles. The van der Waals surface area contributed by atoms with Crippen molar-refractivity contribution in [1.82, 2.24) is 10.3 Å². The zero-order chi connectivity index (χ0) is 15.1. The Kier molecular flexibility index (Phi) is 5.31. The fourth-order valence-corrected chi connectivity index (χ4v) is 1.86. The minimum atomic E-state index is -0.687. The van der Waals surface area contributed by atoms with Crippen LogP contribution in [0.1, 0.15) is 25.0 Å². The Morgan fingerprint density at radius 2 is 1.71 bits per heavy atom. The maximum atomic E-state index is 9.63. The standard InChI is InChI=1S/C17H22N2O2/c1-17(2,20)13-19-11-14-3-5-16(6-4-14)21-12-15-7-9-18-10-8-15/h3-10,19-20H,11-13H2,1-2H3. The lowest BCUT2D eigenvalue weighted by atomic mass is 10.1. The van der Waals surface area contributed by atoms with Crippen LogP contribution in [0.5, 0.6) is 5.75 Å². The van der Waals surface area contributed by atoms with Crippen LogP contribution >= 0.6 is 0 Å². The normalized spacial score (nSPS) is 11.4. The molecule has 4 nitrogen and oxygen atoms in total. The summed E-state index contributed by atoms with van der Waals surface area (Å²) < 4.78 is 5.72. The monoisotopic (exact) mass is 286 g/mol. The maximum Gasteiger partial charge on any atom is 0.119 e. The molecule has 0 atom stereocenters. The number of aliphatic hydroxyl groups is 1. The van der Waals surface area contributed by atoms with Crippen LogP contribution in [0.15, 0.2) is 48.8 Å². The zero-order valence-electron chi connectivity index (χ0n) is 12.5. The minimum Gasteiger partial charge on any atom is -0.489 e. The molecule has 0 aliphatic heterocycles. The molecule has 21 heavy (non-hydrogen) atoms. The van der Waals surface area contributed by atoms with E-state index in [-0.39, 0.29) is 0 Å². The molecule has 2 aromatic rings. The van der Waals surface area contributed by atoms with Crippen molar-refractivity contribution in [3.8, 4) is 5.75 Å². The lowest BCUT2D eigenvalue weighted by molar-refractivity contribution is 0.0795. The second-order valence-corrected chi connectivity index (χ2v) is 5.70. The molecular weight excluding hydrogens is 264 g/mol. The number of aromatic nitrogens is 1. The lowest BCUT2D eigenvalue weighted by Crippen LogP contribution is -2.34. The third kappa shape index (κ3) is 5.94. The number of nitrogens with one attached hydrogen (secondary N) is 1. The molecule has 0 amide bonds. The molecule has 112 valence electrons. The highest BCUT2D eigenvalue weighted by Gasteiger charge is 2.10. The first kappa shape index (κ1) is 15.5. The van der Waals surface area contributed by atoms with Gasteiger partial charge in [-0.05, 0) is 49.2 Å². The van der Waals surface area contributed by atoms with Crippen LogP contribution in [0.2, 0.25) is 0 Å². The first-order valence-corrected chi connectivity index (χ1v) is 7.07. The smallest absolute Gasteiger partial charge is 0.119 e. The van der Waals surface area contributed by atoms with Crippen LogP contribution in [0.25, 0.3) is 0 Å². The third-order valence-electron chi connectivity index (χ3n) is 2.96. The van der Waals surface area contributed by atoms with Gasteiger partial charge in [-0.25, -0.2) is 0 Å². The van der Waals surface area contributed by atoms with E-state index in [0.717, 1.165) is 23.4 Å². The number of hydrogen-bond acceptors (Lipinski definition) is 4. The van der Waals surface area contributed by atoms with Gasteiger partial charge in [-0.2, -0.15) is 0 Å². The average Bonchev–Trinajstić information content (AvgIpc) is 2.46. The molecule has 0 spiro atoms. The van der Waals surface area contributed by atoms with Gasteiger partial charge in [-0.1, -0.05) is 12.1 Å². The number of ether oxygens (including phenoxy) is 1. The van der Waals surface area contributed by atoms with Crippen LogP contribution in [0.3, 0.4) is 0 Å². The molecule has 0 unspecified atom stereocenters. The fourth-order valence-electron chi connectivity index (χ4n) is 1.86. The summed E-state index contributed by atoms with van der Waals surface area (Å²) in [7, 11) is 0. The first-order valence-electron chi connectivity index (χ1n) is 7.07. The molecule has 1 heterocycles. The van der Waals surface area contributed by atoms with Crippen molar-refractivity contribution in [2.24, 2.45) is 0 Å². The number of benzene rings is 1. The molecule has 0 aliphatic rings. The molecule has 1 aromatic heterocycles. The molecule has 0 bridgehead atoms. The fraction of sp³-hybridized carbons (Fsp3) is 0.353. The Hall–Kier alpha value is -1.91. The SMILES string of the molecule is CC(C)(O)CNCc1ccc(OCc2ccncc2)cc1. The number of pyridine rings is 1. The first-order chi connectivity index (χ1) is 10.0. The van der Waals surface area contributed by atoms with E-state index < -0.39 is 5.60 Å². The van der Waals surface area contributed by atoms with Crippen molar-refractivity contribution < 1.29 is 9.84 Å². The van der Waals surface area contributed by atoms with Gasteiger partial charge in [0, 0.05) is 25.5 Å². The third-order valence-corrected chi connectivity index (χ3v) is 2.96. The Morgan fingerprint density at radius 3 is 2.33 bits per heavy atom. The second-order valence-electron chi connectivity index (χ2n) is 5.70. The summed E-state index contributed by atoms with van der Waals surface area (Å²) in [6.45, 7) is 5.41. The predicted molar refractivity (Wildman–Crippen MR) is 83.0 cm³/mol. The Bertz CT molecular complexity index is 533. The van der Waals surface area contributed by atoms with Crippen molar-refractivity contribution in [1.29, 1.82) is 0 Å². The summed E-state index contributed by atoms with van der Waals surface area (Å²) >= 11 is 0. The van der Waals surface area contributed by atoms with Gasteiger partial charge in [-0.15, -0.1) is 0 Å².